The summed E-state index contributed by atoms with van der Waals surface area (Å²) in [5, 5.41) is 0. The van der Waals surface area contributed by atoms with Gasteiger partial charge in [0.25, 0.3) is 0 Å². The Morgan fingerprint density at radius 2 is 0.571 bits per heavy atom. The van der Waals surface area contributed by atoms with Crippen LogP contribution in [0.1, 0.15) is 156 Å². The monoisotopic (exact) mass is 395 g/mol. The van der Waals surface area contributed by atoms with E-state index in [0.29, 0.717) is 0 Å². The van der Waals surface area contributed by atoms with Crippen LogP contribution in [0.25, 0.3) is 0 Å². The lowest BCUT2D eigenvalue weighted by molar-refractivity contribution is 0.295. The third-order valence-corrected chi connectivity index (χ3v) is 6.47. The van der Waals surface area contributed by atoms with E-state index in [1.807, 2.05) is 0 Å². The molecule has 0 aromatic carbocycles. The summed E-state index contributed by atoms with van der Waals surface area (Å²) in [6.07, 6.45) is 30.8. The molecule has 0 aliphatic carbocycles. The molecule has 0 aromatic rings. The molecular formula is C27H57N. The molecule has 0 heterocycles. The Labute approximate surface area is 180 Å². The maximum Gasteiger partial charge on any atom is -0.00190 e. The van der Waals surface area contributed by atoms with Crippen molar-refractivity contribution in [2.24, 2.45) is 0 Å². The van der Waals surface area contributed by atoms with Gasteiger partial charge in [0, 0.05) is 0 Å². The molecule has 0 bridgehead atoms. The van der Waals surface area contributed by atoms with Crippen molar-refractivity contribution in [1.82, 2.24) is 4.90 Å². The molecule has 0 atom stereocenters. The molecule has 0 aliphatic heterocycles. The lowest BCUT2D eigenvalue weighted by Crippen LogP contribution is -2.23. The second kappa shape index (κ2) is 25.0. The van der Waals surface area contributed by atoms with Gasteiger partial charge in [-0.2, -0.15) is 0 Å². The summed E-state index contributed by atoms with van der Waals surface area (Å²) >= 11 is 0. The van der Waals surface area contributed by atoms with Crippen LogP contribution in [0.4, 0.5) is 0 Å². The first-order valence-electron chi connectivity index (χ1n) is 13.6. The SMILES string of the molecule is CCCCCCCCCCCCCCCCCCCCCCCN(CC)CC. The summed E-state index contributed by atoms with van der Waals surface area (Å²) in [6.45, 7) is 10.6. The van der Waals surface area contributed by atoms with E-state index in [1.165, 1.54) is 154 Å². The topological polar surface area (TPSA) is 3.24 Å². The summed E-state index contributed by atoms with van der Waals surface area (Å²) < 4.78 is 0. The summed E-state index contributed by atoms with van der Waals surface area (Å²) in [6, 6.07) is 0. The van der Waals surface area contributed by atoms with Gasteiger partial charge in [0.05, 0.1) is 0 Å². The van der Waals surface area contributed by atoms with Crippen molar-refractivity contribution in [3.63, 3.8) is 0 Å². The fraction of sp³-hybridized carbons (Fsp3) is 1.00. The molecule has 0 aliphatic rings. The van der Waals surface area contributed by atoms with Crippen LogP contribution in [-0.4, -0.2) is 24.5 Å². The zero-order chi connectivity index (χ0) is 20.5. The molecule has 0 radical (unpaired) electrons. The van der Waals surface area contributed by atoms with Gasteiger partial charge in [0.1, 0.15) is 0 Å². The van der Waals surface area contributed by atoms with Gasteiger partial charge in [0.2, 0.25) is 0 Å². The Morgan fingerprint density at radius 3 is 0.821 bits per heavy atom. The Morgan fingerprint density at radius 1 is 0.321 bits per heavy atom. The van der Waals surface area contributed by atoms with E-state index < -0.39 is 0 Å². The van der Waals surface area contributed by atoms with Crippen molar-refractivity contribution in [2.45, 2.75) is 156 Å². The molecule has 1 nitrogen and oxygen atoms in total. The molecule has 0 fully saturated rings. The van der Waals surface area contributed by atoms with Crippen molar-refractivity contribution in [3.8, 4) is 0 Å². The predicted octanol–water partition coefficient (Wildman–Crippen LogP) is 9.54. The van der Waals surface area contributed by atoms with Crippen LogP contribution < -0.4 is 0 Å². The summed E-state index contributed by atoms with van der Waals surface area (Å²) in [5.74, 6) is 0. The van der Waals surface area contributed by atoms with Gasteiger partial charge in [-0.1, -0.05) is 149 Å². The van der Waals surface area contributed by atoms with E-state index >= 15 is 0 Å². The van der Waals surface area contributed by atoms with Gasteiger partial charge in [0.15, 0.2) is 0 Å². The standard InChI is InChI=1S/C27H57N/c1-4-7-8-9-10-11-12-13-14-15-16-17-18-19-20-21-22-23-24-25-26-27-28(5-2)6-3/h4-27H2,1-3H3. The lowest BCUT2D eigenvalue weighted by Gasteiger charge is -2.17. The van der Waals surface area contributed by atoms with Crippen LogP contribution in [0.5, 0.6) is 0 Å². The minimum Gasteiger partial charge on any atom is -0.304 e. The van der Waals surface area contributed by atoms with E-state index in [-0.39, 0.29) is 0 Å². The second-order valence-corrected chi connectivity index (χ2v) is 9.10. The largest absolute Gasteiger partial charge is 0.304 e. The van der Waals surface area contributed by atoms with E-state index in [0.717, 1.165) is 0 Å². The Balaban J connectivity index is 3.03. The first-order valence-corrected chi connectivity index (χ1v) is 13.6. The van der Waals surface area contributed by atoms with Crippen LogP contribution in [0, 0.1) is 0 Å². The average Bonchev–Trinajstić information content (AvgIpc) is 2.72. The molecule has 0 N–H and O–H groups in total. The van der Waals surface area contributed by atoms with Crippen LogP contribution in [0.2, 0.25) is 0 Å². The molecule has 170 valence electrons. The number of unbranched alkanes of at least 4 members (excludes halogenated alkanes) is 20. The van der Waals surface area contributed by atoms with Gasteiger partial charge in [-0.3, -0.25) is 0 Å². The van der Waals surface area contributed by atoms with Gasteiger partial charge >= 0.3 is 0 Å². The van der Waals surface area contributed by atoms with Crippen molar-refractivity contribution in [1.29, 1.82) is 0 Å². The van der Waals surface area contributed by atoms with Gasteiger partial charge in [-0.05, 0) is 26.1 Å². The molecule has 0 saturated carbocycles. The van der Waals surface area contributed by atoms with E-state index in [4.69, 9.17) is 0 Å². The maximum absolute atomic E-state index is 2.55. The quantitative estimate of drug-likeness (QED) is 0.147. The molecule has 0 unspecified atom stereocenters. The number of nitrogens with zero attached hydrogens (tertiary/aromatic N) is 1. The van der Waals surface area contributed by atoms with E-state index in [2.05, 4.69) is 25.7 Å². The third kappa shape index (κ3) is 22.3. The Bertz CT molecular complexity index is 259. The highest BCUT2D eigenvalue weighted by Gasteiger charge is 1.98. The zero-order valence-electron chi connectivity index (χ0n) is 20.4. The molecule has 0 rings (SSSR count). The Hall–Kier alpha value is -0.0400. The number of hydrogen-bond donors (Lipinski definition) is 0. The highest BCUT2D eigenvalue weighted by Crippen LogP contribution is 2.15. The first-order chi connectivity index (χ1) is 13.8. The minimum absolute atomic E-state index is 1.22. The highest BCUT2D eigenvalue weighted by atomic mass is 15.1. The fourth-order valence-electron chi connectivity index (χ4n) is 4.31. The first kappa shape index (κ1) is 28.0. The van der Waals surface area contributed by atoms with Crippen LogP contribution in [-0.2, 0) is 0 Å². The Kier molecular flexibility index (Phi) is 25.0. The van der Waals surface area contributed by atoms with Crippen LogP contribution >= 0.6 is 0 Å². The summed E-state index contributed by atoms with van der Waals surface area (Å²) in [4.78, 5) is 2.55. The highest BCUT2D eigenvalue weighted by molar-refractivity contribution is 4.54. The maximum atomic E-state index is 2.55. The molecular weight excluding hydrogens is 338 g/mol. The van der Waals surface area contributed by atoms with Gasteiger partial charge in [-0.25, -0.2) is 0 Å². The third-order valence-electron chi connectivity index (χ3n) is 6.47. The molecule has 0 amide bonds. The van der Waals surface area contributed by atoms with E-state index in [9.17, 15) is 0 Å². The van der Waals surface area contributed by atoms with Crippen molar-refractivity contribution in [2.75, 3.05) is 19.6 Å². The van der Waals surface area contributed by atoms with Gasteiger partial charge in [-0.15, -0.1) is 0 Å². The molecule has 0 saturated heterocycles. The number of rotatable bonds is 24. The van der Waals surface area contributed by atoms with Crippen molar-refractivity contribution >= 4 is 0 Å². The lowest BCUT2D eigenvalue weighted by atomic mass is 10.0. The summed E-state index contributed by atoms with van der Waals surface area (Å²) in [7, 11) is 0. The molecule has 0 aromatic heterocycles. The molecule has 28 heavy (non-hydrogen) atoms. The minimum atomic E-state index is 1.22. The van der Waals surface area contributed by atoms with Gasteiger partial charge < -0.3 is 4.90 Å². The van der Waals surface area contributed by atoms with Crippen molar-refractivity contribution < 1.29 is 0 Å². The molecule has 1 heteroatoms. The zero-order valence-corrected chi connectivity index (χ0v) is 20.4. The number of hydrogen-bond acceptors (Lipinski definition) is 1. The normalized spacial score (nSPS) is 11.6. The van der Waals surface area contributed by atoms with Crippen LogP contribution in [0.15, 0.2) is 0 Å². The fourth-order valence-corrected chi connectivity index (χ4v) is 4.31. The second-order valence-electron chi connectivity index (χ2n) is 9.10. The molecule has 0 spiro atoms. The van der Waals surface area contributed by atoms with Crippen molar-refractivity contribution in [3.05, 3.63) is 0 Å². The smallest absolute Gasteiger partial charge is 0.00190 e. The van der Waals surface area contributed by atoms with E-state index in [1.54, 1.807) is 0 Å². The summed E-state index contributed by atoms with van der Waals surface area (Å²) in [5.41, 5.74) is 0. The predicted molar refractivity (Wildman–Crippen MR) is 130 cm³/mol. The average molecular weight is 396 g/mol. The van der Waals surface area contributed by atoms with Crippen LogP contribution in [0.3, 0.4) is 0 Å².